The predicted molar refractivity (Wildman–Crippen MR) is 78.5 cm³/mol. The summed E-state index contributed by atoms with van der Waals surface area (Å²) in [6, 6.07) is 0.881. The van der Waals surface area contributed by atoms with Crippen molar-refractivity contribution in [1.29, 1.82) is 0 Å². The lowest BCUT2D eigenvalue weighted by molar-refractivity contribution is -0.187. The average molecular weight is 348 g/mol. The summed E-state index contributed by atoms with van der Waals surface area (Å²) in [5.74, 6) is -4.93. The number of aliphatic carboxylic acids is 1. The van der Waals surface area contributed by atoms with E-state index in [9.17, 15) is 22.8 Å². The predicted octanol–water partition coefficient (Wildman–Crippen LogP) is 2.10. The zero-order valence-electron chi connectivity index (χ0n) is 13.3. The van der Waals surface area contributed by atoms with Crippen molar-refractivity contribution >= 4 is 17.8 Å². The lowest BCUT2D eigenvalue weighted by Crippen LogP contribution is -2.35. The Kier molecular flexibility index (Phi) is 5.05. The van der Waals surface area contributed by atoms with Gasteiger partial charge in [0.1, 0.15) is 5.82 Å². The number of nitrogens with zero attached hydrogens (tertiary/aromatic N) is 3. The summed E-state index contributed by atoms with van der Waals surface area (Å²) < 4.78 is 40.3. The van der Waals surface area contributed by atoms with Gasteiger partial charge in [0.15, 0.2) is 0 Å². The van der Waals surface area contributed by atoms with Crippen LogP contribution in [0.25, 0.3) is 0 Å². The van der Waals surface area contributed by atoms with Gasteiger partial charge in [0, 0.05) is 26.2 Å². The SMILES string of the molecule is CCCc1cc(NC(=O)N2C[C@@H](C(F)(F)F)[C@H](C(=O)O)C2)n(C)n1. The van der Waals surface area contributed by atoms with Crippen molar-refractivity contribution in [3.05, 3.63) is 11.8 Å². The van der Waals surface area contributed by atoms with Crippen LogP contribution in [0.2, 0.25) is 0 Å². The number of aromatic nitrogens is 2. The maximum Gasteiger partial charge on any atom is 0.394 e. The molecule has 0 saturated carbocycles. The molecule has 7 nitrogen and oxygen atoms in total. The first-order valence-corrected chi connectivity index (χ1v) is 7.51. The average Bonchev–Trinajstić information content (AvgIpc) is 3.04. The number of anilines is 1. The highest BCUT2D eigenvalue weighted by molar-refractivity contribution is 5.89. The number of carbonyl (C=O) groups is 2. The van der Waals surface area contributed by atoms with E-state index in [0.717, 1.165) is 17.0 Å². The van der Waals surface area contributed by atoms with E-state index in [1.165, 1.54) is 4.68 Å². The highest BCUT2D eigenvalue weighted by Gasteiger charge is 2.53. The van der Waals surface area contributed by atoms with Crippen molar-refractivity contribution in [2.75, 3.05) is 18.4 Å². The van der Waals surface area contributed by atoms with E-state index in [1.54, 1.807) is 13.1 Å². The van der Waals surface area contributed by atoms with Crippen LogP contribution in [-0.4, -0.2) is 51.1 Å². The van der Waals surface area contributed by atoms with Crippen molar-refractivity contribution in [2.24, 2.45) is 18.9 Å². The second-order valence-corrected chi connectivity index (χ2v) is 5.82. The van der Waals surface area contributed by atoms with Crippen LogP contribution in [0.15, 0.2) is 6.07 Å². The Morgan fingerprint density at radius 2 is 2.08 bits per heavy atom. The smallest absolute Gasteiger partial charge is 0.394 e. The van der Waals surface area contributed by atoms with Crippen LogP contribution in [0, 0.1) is 11.8 Å². The molecule has 1 aliphatic heterocycles. The molecule has 0 aliphatic carbocycles. The zero-order chi connectivity index (χ0) is 18.1. The number of hydrogen-bond acceptors (Lipinski definition) is 3. The molecule has 10 heteroatoms. The maximum absolute atomic E-state index is 13.0. The molecule has 1 aromatic heterocycles. The molecule has 2 atom stereocenters. The Morgan fingerprint density at radius 3 is 2.58 bits per heavy atom. The molecule has 2 rings (SSSR count). The number of carbonyl (C=O) groups excluding carboxylic acids is 1. The minimum atomic E-state index is -4.67. The van der Waals surface area contributed by atoms with Gasteiger partial charge in [0.2, 0.25) is 0 Å². The molecule has 134 valence electrons. The summed E-state index contributed by atoms with van der Waals surface area (Å²) in [6.07, 6.45) is -3.09. The summed E-state index contributed by atoms with van der Waals surface area (Å²) in [6.45, 7) is 0.817. The van der Waals surface area contributed by atoms with Crippen molar-refractivity contribution in [3.63, 3.8) is 0 Å². The Morgan fingerprint density at radius 1 is 1.42 bits per heavy atom. The molecule has 2 amide bonds. The molecular weight excluding hydrogens is 329 g/mol. The van der Waals surface area contributed by atoms with E-state index < -0.39 is 43.1 Å². The molecule has 0 spiro atoms. The third-order valence-electron chi connectivity index (χ3n) is 4.02. The molecule has 2 heterocycles. The van der Waals surface area contributed by atoms with E-state index in [2.05, 4.69) is 10.4 Å². The van der Waals surface area contributed by atoms with Crippen LogP contribution in [-0.2, 0) is 18.3 Å². The topological polar surface area (TPSA) is 87.5 Å². The molecule has 1 saturated heterocycles. The number of urea groups is 1. The van der Waals surface area contributed by atoms with Crippen LogP contribution in [0.3, 0.4) is 0 Å². The van der Waals surface area contributed by atoms with Crippen LogP contribution in [0.1, 0.15) is 19.0 Å². The minimum absolute atomic E-state index is 0.353. The third-order valence-corrected chi connectivity index (χ3v) is 4.02. The number of amides is 2. The molecular formula is C14H19F3N4O3. The van der Waals surface area contributed by atoms with Gasteiger partial charge in [-0.1, -0.05) is 13.3 Å². The normalized spacial score (nSPS) is 21.1. The first-order chi connectivity index (χ1) is 11.1. The fourth-order valence-corrected chi connectivity index (χ4v) is 2.76. The standard InChI is InChI=1S/C14H19F3N4O3/c1-3-4-8-5-11(20(2)19-8)18-13(24)21-6-9(12(22)23)10(7-21)14(15,16)17/h5,9-10H,3-4,6-7H2,1-2H3,(H,18,24)(H,22,23)/t9-,10-/m1/s1. The van der Waals surface area contributed by atoms with Crippen molar-refractivity contribution in [2.45, 2.75) is 25.9 Å². The zero-order valence-corrected chi connectivity index (χ0v) is 13.3. The van der Waals surface area contributed by atoms with Gasteiger partial charge in [-0.05, 0) is 6.42 Å². The number of carboxylic acids is 1. The van der Waals surface area contributed by atoms with Gasteiger partial charge >= 0.3 is 18.2 Å². The second-order valence-electron chi connectivity index (χ2n) is 5.82. The van der Waals surface area contributed by atoms with E-state index in [4.69, 9.17) is 5.11 Å². The van der Waals surface area contributed by atoms with Crippen molar-refractivity contribution in [1.82, 2.24) is 14.7 Å². The fraction of sp³-hybridized carbons (Fsp3) is 0.643. The lowest BCUT2D eigenvalue weighted by atomic mass is 9.96. The number of aryl methyl sites for hydroxylation is 2. The van der Waals surface area contributed by atoms with Gasteiger partial charge in [-0.3, -0.25) is 14.8 Å². The molecule has 0 aromatic carbocycles. The van der Waals surface area contributed by atoms with Gasteiger partial charge in [-0.2, -0.15) is 18.3 Å². The highest BCUT2D eigenvalue weighted by atomic mass is 19.4. The van der Waals surface area contributed by atoms with Gasteiger partial charge in [0.05, 0.1) is 17.5 Å². The minimum Gasteiger partial charge on any atom is -0.481 e. The number of rotatable bonds is 4. The lowest BCUT2D eigenvalue weighted by Gasteiger charge is -2.18. The molecule has 1 fully saturated rings. The molecule has 0 radical (unpaired) electrons. The van der Waals surface area contributed by atoms with Crippen LogP contribution in [0.5, 0.6) is 0 Å². The van der Waals surface area contributed by atoms with Crippen molar-refractivity contribution < 1.29 is 27.9 Å². The Labute approximate surface area is 136 Å². The van der Waals surface area contributed by atoms with Gasteiger partial charge < -0.3 is 10.0 Å². The molecule has 0 bridgehead atoms. The quantitative estimate of drug-likeness (QED) is 0.872. The van der Waals surface area contributed by atoms with Crippen molar-refractivity contribution in [3.8, 4) is 0 Å². The number of alkyl halides is 3. The van der Waals surface area contributed by atoms with E-state index >= 15 is 0 Å². The monoisotopic (exact) mass is 348 g/mol. The number of carboxylic acid groups (broad SMARTS) is 1. The fourth-order valence-electron chi connectivity index (χ4n) is 2.76. The molecule has 0 unspecified atom stereocenters. The molecule has 1 aliphatic rings. The number of hydrogen-bond donors (Lipinski definition) is 2. The van der Waals surface area contributed by atoms with Gasteiger partial charge in [-0.15, -0.1) is 0 Å². The Balaban J connectivity index is 2.09. The van der Waals surface area contributed by atoms with Gasteiger partial charge in [-0.25, -0.2) is 4.79 Å². The maximum atomic E-state index is 13.0. The summed E-state index contributed by atoms with van der Waals surface area (Å²) in [4.78, 5) is 24.1. The second kappa shape index (κ2) is 6.70. The first-order valence-electron chi connectivity index (χ1n) is 7.51. The Hall–Kier alpha value is -2.26. The Bertz CT molecular complexity index is 629. The summed E-state index contributed by atoms with van der Waals surface area (Å²) >= 11 is 0. The van der Waals surface area contributed by atoms with E-state index in [0.29, 0.717) is 12.2 Å². The van der Waals surface area contributed by atoms with Crippen LogP contribution < -0.4 is 5.32 Å². The van der Waals surface area contributed by atoms with Crippen LogP contribution >= 0.6 is 0 Å². The molecule has 2 N–H and O–H groups in total. The summed E-state index contributed by atoms with van der Waals surface area (Å²) in [7, 11) is 1.61. The number of nitrogens with one attached hydrogen (secondary N) is 1. The first kappa shape index (κ1) is 18.1. The van der Waals surface area contributed by atoms with Crippen LogP contribution in [0.4, 0.5) is 23.8 Å². The van der Waals surface area contributed by atoms with E-state index in [-0.39, 0.29) is 0 Å². The van der Waals surface area contributed by atoms with E-state index in [1.807, 2.05) is 6.92 Å². The number of likely N-dealkylation sites (tertiary alicyclic amines) is 1. The molecule has 1 aromatic rings. The highest BCUT2D eigenvalue weighted by Crippen LogP contribution is 2.37. The van der Waals surface area contributed by atoms with Gasteiger partial charge in [0.25, 0.3) is 0 Å². The number of halogens is 3. The summed E-state index contributed by atoms with van der Waals surface area (Å²) in [5, 5.41) is 15.6. The summed E-state index contributed by atoms with van der Waals surface area (Å²) in [5.41, 5.74) is 0.758. The third kappa shape index (κ3) is 3.80. The molecule has 24 heavy (non-hydrogen) atoms. The largest absolute Gasteiger partial charge is 0.481 e.